The highest BCUT2D eigenvalue weighted by atomic mass is 16.4. The highest BCUT2D eigenvalue weighted by Crippen LogP contribution is 2.35. The molecule has 2 rings (SSSR count). The van der Waals surface area contributed by atoms with E-state index in [1.807, 2.05) is 6.92 Å². The Hall–Kier alpha value is -2.04. The maximum absolute atomic E-state index is 12.2. The molecule has 1 N–H and O–H groups in total. The molecule has 0 aliphatic carbocycles. The lowest BCUT2D eigenvalue weighted by Gasteiger charge is -2.39. The van der Waals surface area contributed by atoms with E-state index in [0.717, 1.165) is 12.8 Å². The van der Waals surface area contributed by atoms with Crippen LogP contribution in [0.1, 0.15) is 38.4 Å². The van der Waals surface area contributed by atoms with Gasteiger partial charge in [0.1, 0.15) is 5.76 Å². The van der Waals surface area contributed by atoms with Crippen LogP contribution < -0.4 is 0 Å². The Bertz CT molecular complexity index is 516. The van der Waals surface area contributed by atoms with Gasteiger partial charge in [-0.15, -0.1) is 0 Å². The fourth-order valence-electron chi connectivity index (χ4n) is 2.93. The number of likely N-dealkylation sites (tertiary alicyclic amines) is 1. The molecule has 5 heteroatoms. The van der Waals surface area contributed by atoms with Crippen molar-refractivity contribution in [2.24, 2.45) is 5.41 Å². The Kier molecular flexibility index (Phi) is 4.83. The molecule has 1 aromatic rings. The van der Waals surface area contributed by atoms with Crippen molar-refractivity contribution >= 4 is 18.0 Å². The van der Waals surface area contributed by atoms with Crippen LogP contribution in [0, 0.1) is 5.41 Å². The van der Waals surface area contributed by atoms with E-state index in [0.29, 0.717) is 25.1 Å². The zero-order valence-electron chi connectivity index (χ0n) is 12.2. The molecule has 2 heterocycles. The molecule has 1 aromatic heterocycles. The number of rotatable bonds is 5. The minimum Gasteiger partial charge on any atom is -0.481 e. The average molecular weight is 291 g/mol. The molecule has 1 unspecified atom stereocenters. The number of hydrogen-bond acceptors (Lipinski definition) is 3. The number of aliphatic carboxylic acids is 1. The molecular formula is C16H21NO4. The summed E-state index contributed by atoms with van der Waals surface area (Å²) in [5, 5.41) is 9.53. The average Bonchev–Trinajstić information content (AvgIpc) is 2.98. The molecule has 114 valence electrons. The van der Waals surface area contributed by atoms with Crippen LogP contribution in [0.5, 0.6) is 0 Å². The van der Waals surface area contributed by atoms with Gasteiger partial charge in [-0.1, -0.05) is 13.3 Å². The number of carbonyl (C=O) groups excluding carboxylic acids is 1. The first-order chi connectivity index (χ1) is 10.1. The number of furan rings is 1. The first-order valence-corrected chi connectivity index (χ1v) is 7.31. The second-order valence-electron chi connectivity index (χ2n) is 5.55. The molecule has 1 atom stereocenters. The maximum Gasteiger partial charge on any atom is 0.311 e. The smallest absolute Gasteiger partial charge is 0.311 e. The molecule has 1 amide bonds. The van der Waals surface area contributed by atoms with Crippen LogP contribution in [0.25, 0.3) is 6.08 Å². The summed E-state index contributed by atoms with van der Waals surface area (Å²) in [5.41, 5.74) is -0.790. The van der Waals surface area contributed by atoms with Crippen molar-refractivity contribution in [2.45, 2.75) is 32.6 Å². The van der Waals surface area contributed by atoms with E-state index in [-0.39, 0.29) is 12.5 Å². The number of amides is 1. The normalized spacial score (nSPS) is 22.6. The molecular weight excluding hydrogens is 270 g/mol. The van der Waals surface area contributed by atoms with Crippen LogP contribution in [0.2, 0.25) is 0 Å². The molecule has 0 bridgehead atoms. The lowest BCUT2D eigenvalue weighted by atomic mass is 9.76. The van der Waals surface area contributed by atoms with Gasteiger partial charge in [-0.05, 0) is 37.5 Å². The third-order valence-corrected chi connectivity index (χ3v) is 4.00. The van der Waals surface area contributed by atoms with Gasteiger partial charge < -0.3 is 14.4 Å². The molecule has 5 nitrogen and oxygen atoms in total. The SMILES string of the molecule is CCCC1(C(=O)O)CCCN(C(=O)C=Cc2ccco2)C1. The van der Waals surface area contributed by atoms with Gasteiger partial charge in [-0.2, -0.15) is 0 Å². The summed E-state index contributed by atoms with van der Waals surface area (Å²) in [5.74, 6) is -0.344. The van der Waals surface area contributed by atoms with Gasteiger partial charge in [0.15, 0.2) is 0 Å². The van der Waals surface area contributed by atoms with Crippen molar-refractivity contribution in [2.75, 3.05) is 13.1 Å². The highest BCUT2D eigenvalue weighted by Gasteiger charge is 2.42. The van der Waals surface area contributed by atoms with Gasteiger partial charge in [-0.25, -0.2) is 0 Å². The van der Waals surface area contributed by atoms with Crippen LogP contribution in [0.4, 0.5) is 0 Å². The summed E-state index contributed by atoms with van der Waals surface area (Å²) in [6, 6.07) is 3.51. The molecule has 21 heavy (non-hydrogen) atoms. The topological polar surface area (TPSA) is 70.8 Å². The van der Waals surface area contributed by atoms with E-state index in [1.165, 1.54) is 6.08 Å². The molecule has 1 aliphatic rings. The van der Waals surface area contributed by atoms with Gasteiger partial charge in [0, 0.05) is 19.2 Å². The second-order valence-corrected chi connectivity index (χ2v) is 5.55. The molecule has 0 radical (unpaired) electrons. The van der Waals surface area contributed by atoms with E-state index in [4.69, 9.17) is 4.42 Å². The predicted octanol–water partition coefficient (Wildman–Crippen LogP) is 2.79. The number of carboxylic acid groups (broad SMARTS) is 1. The number of hydrogen-bond donors (Lipinski definition) is 1. The van der Waals surface area contributed by atoms with E-state index in [2.05, 4.69) is 0 Å². The summed E-state index contributed by atoms with van der Waals surface area (Å²) in [6.45, 7) is 2.87. The van der Waals surface area contributed by atoms with Crippen molar-refractivity contribution < 1.29 is 19.1 Å². The Morgan fingerprint density at radius 2 is 2.33 bits per heavy atom. The van der Waals surface area contributed by atoms with Gasteiger partial charge in [0.05, 0.1) is 11.7 Å². The minimum absolute atomic E-state index is 0.159. The third kappa shape index (κ3) is 3.54. The van der Waals surface area contributed by atoms with Gasteiger partial charge >= 0.3 is 5.97 Å². The number of piperidine rings is 1. The Morgan fingerprint density at radius 3 is 2.95 bits per heavy atom. The number of nitrogens with zero attached hydrogens (tertiary/aromatic N) is 1. The van der Waals surface area contributed by atoms with Crippen molar-refractivity contribution in [3.8, 4) is 0 Å². The van der Waals surface area contributed by atoms with E-state index >= 15 is 0 Å². The van der Waals surface area contributed by atoms with Crippen molar-refractivity contribution in [1.82, 2.24) is 4.90 Å². The summed E-state index contributed by atoms with van der Waals surface area (Å²) >= 11 is 0. The van der Waals surface area contributed by atoms with Crippen LogP contribution in [0.15, 0.2) is 28.9 Å². The van der Waals surface area contributed by atoms with E-state index in [9.17, 15) is 14.7 Å². The summed E-state index contributed by atoms with van der Waals surface area (Å²) in [4.78, 5) is 25.5. The maximum atomic E-state index is 12.2. The predicted molar refractivity (Wildman–Crippen MR) is 78.5 cm³/mol. The van der Waals surface area contributed by atoms with Crippen LogP contribution in [-0.4, -0.2) is 35.0 Å². The number of carbonyl (C=O) groups is 2. The van der Waals surface area contributed by atoms with Crippen LogP contribution >= 0.6 is 0 Å². The Morgan fingerprint density at radius 1 is 1.52 bits per heavy atom. The standard InChI is InChI=1S/C16H21NO4/c1-2-8-16(15(19)20)9-4-10-17(12-16)14(18)7-6-13-5-3-11-21-13/h3,5-7,11H,2,4,8-10,12H2,1H3,(H,19,20). The van der Waals surface area contributed by atoms with Crippen LogP contribution in [-0.2, 0) is 9.59 Å². The van der Waals surface area contributed by atoms with Gasteiger partial charge in [0.2, 0.25) is 5.91 Å². The lowest BCUT2D eigenvalue weighted by molar-refractivity contribution is -0.154. The van der Waals surface area contributed by atoms with Gasteiger partial charge in [0.25, 0.3) is 0 Å². The first-order valence-electron chi connectivity index (χ1n) is 7.31. The zero-order chi connectivity index (χ0) is 15.3. The second kappa shape index (κ2) is 6.61. The largest absolute Gasteiger partial charge is 0.481 e. The lowest BCUT2D eigenvalue weighted by Crippen LogP contribution is -2.49. The van der Waals surface area contributed by atoms with E-state index < -0.39 is 11.4 Å². The minimum atomic E-state index is -0.795. The molecule has 1 fully saturated rings. The monoisotopic (exact) mass is 291 g/mol. The summed E-state index contributed by atoms with van der Waals surface area (Å²) < 4.78 is 5.14. The molecule has 1 saturated heterocycles. The van der Waals surface area contributed by atoms with Crippen LogP contribution in [0.3, 0.4) is 0 Å². The Balaban J connectivity index is 2.06. The Labute approximate surface area is 124 Å². The summed E-state index contributed by atoms with van der Waals surface area (Å²) in [6.07, 6.45) is 7.38. The van der Waals surface area contributed by atoms with Crippen molar-refractivity contribution in [3.63, 3.8) is 0 Å². The zero-order valence-corrected chi connectivity index (χ0v) is 12.2. The highest BCUT2D eigenvalue weighted by molar-refractivity contribution is 5.92. The molecule has 0 saturated carbocycles. The molecule has 0 aromatic carbocycles. The van der Waals surface area contributed by atoms with Crippen molar-refractivity contribution in [3.05, 3.63) is 30.2 Å². The quantitative estimate of drug-likeness (QED) is 0.847. The first kappa shape index (κ1) is 15.4. The third-order valence-electron chi connectivity index (χ3n) is 4.00. The number of carboxylic acids is 1. The van der Waals surface area contributed by atoms with Gasteiger partial charge in [-0.3, -0.25) is 9.59 Å². The fraction of sp³-hybridized carbons (Fsp3) is 0.500. The van der Waals surface area contributed by atoms with E-state index in [1.54, 1.807) is 29.4 Å². The fourth-order valence-corrected chi connectivity index (χ4v) is 2.93. The summed E-state index contributed by atoms with van der Waals surface area (Å²) in [7, 11) is 0. The molecule has 1 aliphatic heterocycles. The van der Waals surface area contributed by atoms with Crippen molar-refractivity contribution in [1.29, 1.82) is 0 Å². The molecule has 0 spiro atoms.